The van der Waals surface area contributed by atoms with Crippen LogP contribution in [-0.4, -0.2) is 28.9 Å². The number of likely N-dealkylation sites (tertiary alicyclic amines) is 1. The number of carbonyl (C=O) groups is 1. The number of piperidine rings is 1. The molecule has 1 aromatic carbocycles. The standard InChI is InChI=1S/C20H23Cl2N3O/c1-14(26)24-20(18-7-2-3-10-23-18)15-8-11-25(12-9-15)13-16-5-4-6-17(21)19(16)22/h2-7,10,15,20H,8-9,11-13H2,1H3,(H,24,26)/t20-/m1/s1. The van der Waals surface area contributed by atoms with Crippen LogP contribution in [0.25, 0.3) is 0 Å². The number of amides is 1. The van der Waals surface area contributed by atoms with Gasteiger partial charge in [-0.25, -0.2) is 0 Å². The van der Waals surface area contributed by atoms with E-state index in [1.54, 1.807) is 13.1 Å². The van der Waals surface area contributed by atoms with Crippen molar-refractivity contribution in [3.8, 4) is 0 Å². The second kappa shape index (κ2) is 8.85. The maximum absolute atomic E-state index is 11.7. The molecule has 6 heteroatoms. The third-order valence-electron chi connectivity index (χ3n) is 4.89. The normalized spacial score (nSPS) is 17.0. The van der Waals surface area contributed by atoms with E-state index in [4.69, 9.17) is 23.2 Å². The summed E-state index contributed by atoms with van der Waals surface area (Å²) < 4.78 is 0. The van der Waals surface area contributed by atoms with Gasteiger partial charge < -0.3 is 5.32 Å². The summed E-state index contributed by atoms with van der Waals surface area (Å²) in [5.74, 6) is 0.355. The maximum atomic E-state index is 11.7. The first-order valence-electron chi connectivity index (χ1n) is 8.88. The van der Waals surface area contributed by atoms with Crippen LogP contribution >= 0.6 is 23.2 Å². The van der Waals surface area contributed by atoms with Crippen LogP contribution in [0.5, 0.6) is 0 Å². The van der Waals surface area contributed by atoms with Crippen molar-refractivity contribution in [1.29, 1.82) is 0 Å². The first-order chi connectivity index (χ1) is 12.5. The van der Waals surface area contributed by atoms with Gasteiger partial charge in [0.25, 0.3) is 0 Å². The van der Waals surface area contributed by atoms with Gasteiger partial charge in [-0.1, -0.05) is 41.4 Å². The Bertz CT molecular complexity index is 746. The van der Waals surface area contributed by atoms with Crippen LogP contribution in [0.15, 0.2) is 42.6 Å². The van der Waals surface area contributed by atoms with Crippen LogP contribution < -0.4 is 5.32 Å². The number of nitrogens with one attached hydrogen (secondary N) is 1. The molecular weight excluding hydrogens is 369 g/mol. The molecule has 1 fully saturated rings. The highest BCUT2D eigenvalue weighted by Crippen LogP contribution is 2.32. The third-order valence-corrected chi connectivity index (χ3v) is 5.75. The van der Waals surface area contributed by atoms with Crippen molar-refractivity contribution >= 4 is 29.1 Å². The van der Waals surface area contributed by atoms with Crippen LogP contribution in [0.2, 0.25) is 10.0 Å². The Morgan fingerprint density at radius 1 is 1.23 bits per heavy atom. The Morgan fingerprint density at radius 3 is 2.65 bits per heavy atom. The molecule has 1 amide bonds. The van der Waals surface area contributed by atoms with Crippen molar-refractivity contribution in [3.63, 3.8) is 0 Å². The van der Waals surface area contributed by atoms with Gasteiger partial charge in [-0.2, -0.15) is 0 Å². The predicted octanol–water partition coefficient (Wildman–Crippen LogP) is 4.48. The Labute approximate surface area is 164 Å². The van der Waals surface area contributed by atoms with Crippen LogP contribution in [0.3, 0.4) is 0 Å². The van der Waals surface area contributed by atoms with E-state index in [-0.39, 0.29) is 11.9 Å². The molecule has 1 saturated heterocycles. The van der Waals surface area contributed by atoms with E-state index in [1.807, 2.05) is 36.4 Å². The fourth-order valence-corrected chi connectivity index (χ4v) is 3.95. The molecule has 138 valence electrons. The van der Waals surface area contributed by atoms with Crippen molar-refractivity contribution in [1.82, 2.24) is 15.2 Å². The second-order valence-corrected chi connectivity index (χ2v) is 7.54. The van der Waals surface area contributed by atoms with Gasteiger partial charge in [-0.05, 0) is 55.6 Å². The molecule has 0 bridgehead atoms. The quantitative estimate of drug-likeness (QED) is 0.816. The van der Waals surface area contributed by atoms with E-state index in [1.165, 1.54) is 0 Å². The van der Waals surface area contributed by atoms with Gasteiger partial charge in [0.05, 0.1) is 21.8 Å². The summed E-state index contributed by atoms with van der Waals surface area (Å²) in [4.78, 5) is 18.5. The number of nitrogens with zero attached hydrogens (tertiary/aromatic N) is 2. The number of carbonyl (C=O) groups excluding carboxylic acids is 1. The Balaban J connectivity index is 1.64. The number of pyridine rings is 1. The summed E-state index contributed by atoms with van der Waals surface area (Å²) in [7, 11) is 0. The molecule has 4 nitrogen and oxygen atoms in total. The Hall–Kier alpha value is -1.62. The summed E-state index contributed by atoms with van der Waals surface area (Å²) in [6, 6.07) is 11.6. The minimum atomic E-state index is -0.0365. The topological polar surface area (TPSA) is 45.2 Å². The SMILES string of the molecule is CC(=O)N[C@@H](c1ccccn1)C1CCN(Cc2cccc(Cl)c2Cl)CC1. The zero-order chi connectivity index (χ0) is 18.5. The number of benzene rings is 1. The van der Waals surface area contributed by atoms with Crippen molar-refractivity contribution in [2.75, 3.05) is 13.1 Å². The number of rotatable bonds is 5. The average Bonchev–Trinajstić information content (AvgIpc) is 2.65. The molecule has 2 heterocycles. The number of aromatic nitrogens is 1. The lowest BCUT2D eigenvalue weighted by atomic mass is 9.87. The molecule has 0 radical (unpaired) electrons. The molecule has 1 aliphatic heterocycles. The summed E-state index contributed by atoms with van der Waals surface area (Å²) in [5.41, 5.74) is 1.99. The van der Waals surface area contributed by atoms with Crippen molar-refractivity contribution in [3.05, 3.63) is 63.9 Å². The summed E-state index contributed by atoms with van der Waals surface area (Å²) in [6.45, 7) is 4.26. The lowest BCUT2D eigenvalue weighted by Crippen LogP contribution is -2.40. The molecule has 1 N–H and O–H groups in total. The largest absolute Gasteiger partial charge is 0.348 e. The lowest BCUT2D eigenvalue weighted by molar-refractivity contribution is -0.120. The zero-order valence-electron chi connectivity index (χ0n) is 14.8. The van der Waals surface area contributed by atoms with Crippen LogP contribution in [0, 0.1) is 5.92 Å². The minimum Gasteiger partial charge on any atom is -0.348 e. The van der Waals surface area contributed by atoms with E-state index in [0.717, 1.165) is 43.7 Å². The molecule has 1 aromatic heterocycles. The van der Waals surface area contributed by atoms with Crippen molar-refractivity contribution in [2.24, 2.45) is 5.92 Å². The molecule has 0 aliphatic carbocycles. The molecular formula is C20H23Cl2N3O. The fourth-order valence-electron chi connectivity index (χ4n) is 3.57. The summed E-state index contributed by atoms with van der Waals surface area (Å²) in [6.07, 6.45) is 3.78. The van der Waals surface area contributed by atoms with Crippen LogP contribution in [0.1, 0.15) is 37.1 Å². The Kier molecular flexibility index (Phi) is 6.52. The second-order valence-electron chi connectivity index (χ2n) is 6.76. The molecule has 0 unspecified atom stereocenters. The molecule has 0 spiro atoms. The average molecular weight is 392 g/mol. The number of hydrogen-bond acceptors (Lipinski definition) is 3. The van der Waals surface area contributed by atoms with E-state index in [2.05, 4.69) is 15.2 Å². The zero-order valence-corrected chi connectivity index (χ0v) is 16.3. The van der Waals surface area contributed by atoms with Crippen LogP contribution in [-0.2, 0) is 11.3 Å². The van der Waals surface area contributed by atoms with Gasteiger partial charge in [0.2, 0.25) is 5.91 Å². The van der Waals surface area contributed by atoms with Gasteiger partial charge in [0, 0.05) is 19.7 Å². The summed E-state index contributed by atoms with van der Waals surface area (Å²) >= 11 is 12.4. The van der Waals surface area contributed by atoms with Crippen LogP contribution in [0.4, 0.5) is 0 Å². The first kappa shape index (κ1) is 19.2. The highest BCUT2D eigenvalue weighted by Gasteiger charge is 2.29. The van der Waals surface area contributed by atoms with Crippen molar-refractivity contribution < 1.29 is 4.79 Å². The van der Waals surface area contributed by atoms with E-state index < -0.39 is 0 Å². The third kappa shape index (κ3) is 4.76. The summed E-state index contributed by atoms with van der Waals surface area (Å²) in [5, 5.41) is 4.33. The molecule has 1 atom stereocenters. The number of halogens is 2. The minimum absolute atomic E-state index is 0.0196. The van der Waals surface area contributed by atoms with Gasteiger partial charge in [0.1, 0.15) is 0 Å². The maximum Gasteiger partial charge on any atom is 0.217 e. The number of hydrogen-bond donors (Lipinski definition) is 1. The molecule has 26 heavy (non-hydrogen) atoms. The fraction of sp³-hybridized carbons (Fsp3) is 0.400. The van der Waals surface area contributed by atoms with E-state index in [9.17, 15) is 4.79 Å². The van der Waals surface area contributed by atoms with Gasteiger partial charge in [0.15, 0.2) is 0 Å². The highest BCUT2D eigenvalue weighted by atomic mass is 35.5. The van der Waals surface area contributed by atoms with Crippen molar-refractivity contribution in [2.45, 2.75) is 32.4 Å². The lowest BCUT2D eigenvalue weighted by Gasteiger charge is -2.36. The monoisotopic (exact) mass is 391 g/mol. The smallest absolute Gasteiger partial charge is 0.217 e. The van der Waals surface area contributed by atoms with Gasteiger partial charge in [-0.3, -0.25) is 14.7 Å². The highest BCUT2D eigenvalue weighted by molar-refractivity contribution is 6.42. The van der Waals surface area contributed by atoms with E-state index in [0.29, 0.717) is 16.0 Å². The first-order valence-corrected chi connectivity index (χ1v) is 9.63. The Morgan fingerprint density at radius 2 is 2.00 bits per heavy atom. The molecule has 0 saturated carbocycles. The van der Waals surface area contributed by atoms with Gasteiger partial charge >= 0.3 is 0 Å². The van der Waals surface area contributed by atoms with E-state index >= 15 is 0 Å². The molecule has 1 aliphatic rings. The molecule has 3 rings (SSSR count). The van der Waals surface area contributed by atoms with Gasteiger partial charge in [-0.15, -0.1) is 0 Å². The predicted molar refractivity (Wildman–Crippen MR) is 105 cm³/mol. The molecule has 2 aromatic rings.